The minimum Gasteiger partial charge on any atom is -0.309 e. The first kappa shape index (κ1) is 18.1. The normalized spacial score (nSPS) is 13.0. The SMILES string of the molecule is Cc1nc2nc(SC(C)c3nc4sc(C)c(C)c4c(=O)[nH]3)nn2c(C)c1C. The largest absolute Gasteiger partial charge is 0.309 e. The second-order valence-electron chi connectivity index (χ2n) is 6.69. The maximum absolute atomic E-state index is 12.5. The topological polar surface area (TPSA) is 88.8 Å². The first-order chi connectivity index (χ1) is 12.8. The molecule has 0 bridgehead atoms. The molecule has 7 nitrogen and oxygen atoms in total. The van der Waals surface area contributed by atoms with Crippen LogP contribution in [0.3, 0.4) is 0 Å². The van der Waals surface area contributed by atoms with Gasteiger partial charge in [-0.3, -0.25) is 4.79 Å². The number of hydrogen-bond donors (Lipinski definition) is 1. The van der Waals surface area contributed by atoms with Gasteiger partial charge in [-0.25, -0.2) is 14.5 Å². The molecule has 1 atom stereocenters. The van der Waals surface area contributed by atoms with Crippen LogP contribution in [0.4, 0.5) is 0 Å². The molecule has 4 aromatic heterocycles. The van der Waals surface area contributed by atoms with Gasteiger partial charge in [-0.2, -0.15) is 4.98 Å². The van der Waals surface area contributed by atoms with Gasteiger partial charge in [-0.1, -0.05) is 11.8 Å². The van der Waals surface area contributed by atoms with E-state index in [1.54, 1.807) is 15.9 Å². The van der Waals surface area contributed by atoms with Crippen molar-refractivity contribution in [1.29, 1.82) is 0 Å². The number of aromatic nitrogens is 6. The summed E-state index contributed by atoms with van der Waals surface area (Å²) in [7, 11) is 0. The fourth-order valence-electron chi connectivity index (χ4n) is 2.97. The predicted octanol–water partition coefficient (Wildman–Crippen LogP) is 3.82. The molecule has 0 aliphatic heterocycles. The third-order valence-corrected chi connectivity index (χ3v) is 7.03. The van der Waals surface area contributed by atoms with E-state index < -0.39 is 0 Å². The van der Waals surface area contributed by atoms with E-state index in [0.717, 1.165) is 32.2 Å². The van der Waals surface area contributed by atoms with Crippen molar-refractivity contribution >= 4 is 39.1 Å². The fraction of sp³-hybridized carbons (Fsp3) is 0.389. The van der Waals surface area contributed by atoms with Crippen molar-refractivity contribution in [2.45, 2.75) is 51.9 Å². The van der Waals surface area contributed by atoms with E-state index in [-0.39, 0.29) is 10.8 Å². The summed E-state index contributed by atoms with van der Waals surface area (Å²) in [5.41, 5.74) is 4.01. The van der Waals surface area contributed by atoms with Gasteiger partial charge in [0, 0.05) is 16.3 Å². The Morgan fingerprint density at radius 1 is 1.07 bits per heavy atom. The molecule has 0 amide bonds. The molecular weight excluding hydrogens is 380 g/mol. The van der Waals surface area contributed by atoms with Crippen LogP contribution in [0.25, 0.3) is 16.0 Å². The lowest BCUT2D eigenvalue weighted by atomic mass is 10.2. The van der Waals surface area contributed by atoms with E-state index in [9.17, 15) is 4.79 Å². The lowest BCUT2D eigenvalue weighted by Gasteiger charge is -2.07. The molecule has 4 aromatic rings. The van der Waals surface area contributed by atoms with Crippen LogP contribution in [0.15, 0.2) is 9.95 Å². The van der Waals surface area contributed by atoms with Crippen LogP contribution >= 0.6 is 23.1 Å². The molecule has 4 rings (SSSR count). The smallest absolute Gasteiger partial charge is 0.259 e. The van der Waals surface area contributed by atoms with Gasteiger partial charge in [0.1, 0.15) is 10.7 Å². The molecule has 0 aromatic carbocycles. The molecule has 0 saturated heterocycles. The number of H-pyrrole nitrogens is 1. The van der Waals surface area contributed by atoms with Crippen molar-refractivity contribution in [3.63, 3.8) is 0 Å². The molecule has 4 heterocycles. The van der Waals surface area contributed by atoms with E-state index >= 15 is 0 Å². The minimum atomic E-state index is -0.0928. The summed E-state index contributed by atoms with van der Waals surface area (Å²) >= 11 is 3.01. The summed E-state index contributed by atoms with van der Waals surface area (Å²) in [5, 5.41) is 5.78. The van der Waals surface area contributed by atoms with Crippen molar-refractivity contribution in [3.05, 3.63) is 43.6 Å². The average Bonchev–Trinajstić information content (AvgIpc) is 3.13. The Morgan fingerprint density at radius 2 is 1.81 bits per heavy atom. The monoisotopic (exact) mass is 400 g/mol. The number of thioether (sulfide) groups is 1. The molecule has 0 aliphatic carbocycles. The molecule has 0 fully saturated rings. The van der Waals surface area contributed by atoms with Crippen LogP contribution in [-0.2, 0) is 0 Å². The maximum atomic E-state index is 12.5. The Labute approximate surface area is 164 Å². The zero-order valence-corrected chi connectivity index (χ0v) is 17.7. The lowest BCUT2D eigenvalue weighted by Crippen LogP contribution is -2.12. The third kappa shape index (κ3) is 2.94. The van der Waals surface area contributed by atoms with E-state index in [1.165, 1.54) is 11.8 Å². The zero-order valence-electron chi connectivity index (χ0n) is 16.0. The van der Waals surface area contributed by atoms with Crippen LogP contribution in [0.1, 0.15) is 45.4 Å². The highest BCUT2D eigenvalue weighted by molar-refractivity contribution is 7.99. The third-order valence-electron chi connectivity index (χ3n) is 4.97. The van der Waals surface area contributed by atoms with Gasteiger partial charge in [0.25, 0.3) is 11.3 Å². The number of nitrogens with zero attached hydrogens (tertiary/aromatic N) is 5. The van der Waals surface area contributed by atoms with Gasteiger partial charge in [0.15, 0.2) is 0 Å². The molecular formula is C18H20N6OS2. The van der Waals surface area contributed by atoms with Crippen LogP contribution in [0.2, 0.25) is 0 Å². The Morgan fingerprint density at radius 3 is 2.56 bits per heavy atom. The van der Waals surface area contributed by atoms with Crippen LogP contribution in [-0.4, -0.2) is 29.5 Å². The Kier molecular flexibility index (Phi) is 4.31. The predicted molar refractivity (Wildman–Crippen MR) is 109 cm³/mol. The molecule has 27 heavy (non-hydrogen) atoms. The number of thiophene rings is 1. The van der Waals surface area contributed by atoms with E-state index in [2.05, 4.69) is 25.0 Å². The van der Waals surface area contributed by atoms with E-state index in [4.69, 9.17) is 0 Å². The summed E-state index contributed by atoms with van der Waals surface area (Å²) in [6.45, 7) is 12.0. The molecule has 0 radical (unpaired) electrons. The van der Waals surface area contributed by atoms with E-state index in [1.807, 2.05) is 41.5 Å². The first-order valence-corrected chi connectivity index (χ1v) is 10.3. The number of aryl methyl sites for hydroxylation is 4. The van der Waals surface area contributed by atoms with Crippen molar-refractivity contribution in [3.8, 4) is 0 Å². The summed E-state index contributed by atoms with van der Waals surface area (Å²) in [6.07, 6.45) is 0. The first-order valence-electron chi connectivity index (χ1n) is 8.63. The van der Waals surface area contributed by atoms with Gasteiger partial charge < -0.3 is 4.98 Å². The van der Waals surface area contributed by atoms with Crippen LogP contribution in [0.5, 0.6) is 0 Å². The van der Waals surface area contributed by atoms with Gasteiger partial charge >= 0.3 is 0 Å². The standard InChI is InChI=1S/C18H20N6OS2/c1-7-9(3)19-17-22-18(23-24(17)10(7)4)27-12(6)14-20-15(25)13-8(2)11(5)26-16(13)21-14/h12H,1-6H3,(H,20,21,25). The second-order valence-corrected chi connectivity index (χ2v) is 9.20. The molecule has 1 N–H and O–H groups in total. The number of rotatable bonds is 3. The number of aromatic amines is 1. The number of hydrogen-bond acceptors (Lipinski definition) is 7. The second kappa shape index (κ2) is 6.42. The number of nitrogens with one attached hydrogen (secondary N) is 1. The zero-order chi connectivity index (χ0) is 19.5. The molecule has 0 spiro atoms. The van der Waals surface area contributed by atoms with Crippen molar-refractivity contribution < 1.29 is 0 Å². The van der Waals surface area contributed by atoms with Crippen molar-refractivity contribution in [2.75, 3.05) is 0 Å². The molecule has 0 aliphatic rings. The van der Waals surface area contributed by atoms with Gasteiger partial charge in [-0.05, 0) is 52.7 Å². The van der Waals surface area contributed by atoms with Crippen LogP contribution in [0, 0.1) is 34.6 Å². The summed E-state index contributed by atoms with van der Waals surface area (Å²) in [4.78, 5) is 31.1. The van der Waals surface area contributed by atoms with Gasteiger partial charge in [0.05, 0.1) is 10.6 Å². The molecule has 0 saturated carbocycles. The fourth-order valence-corrected chi connectivity index (χ4v) is 4.80. The molecule has 140 valence electrons. The van der Waals surface area contributed by atoms with Gasteiger partial charge in [0.2, 0.25) is 5.16 Å². The average molecular weight is 401 g/mol. The number of fused-ring (bicyclic) bond motifs is 2. The minimum absolute atomic E-state index is 0.0870. The summed E-state index contributed by atoms with van der Waals surface area (Å²) < 4.78 is 1.77. The Bertz CT molecular complexity index is 1250. The Hall–Kier alpha value is -2.26. The maximum Gasteiger partial charge on any atom is 0.259 e. The lowest BCUT2D eigenvalue weighted by molar-refractivity contribution is 0.827. The highest BCUT2D eigenvalue weighted by Gasteiger charge is 2.19. The highest BCUT2D eigenvalue weighted by atomic mass is 32.2. The summed E-state index contributed by atoms with van der Waals surface area (Å²) in [5.74, 6) is 1.22. The summed E-state index contributed by atoms with van der Waals surface area (Å²) in [6, 6.07) is 0. The van der Waals surface area contributed by atoms with Gasteiger partial charge in [-0.15, -0.1) is 16.4 Å². The van der Waals surface area contributed by atoms with E-state index in [0.29, 0.717) is 22.1 Å². The van der Waals surface area contributed by atoms with Crippen molar-refractivity contribution in [2.24, 2.45) is 0 Å². The van der Waals surface area contributed by atoms with Crippen molar-refractivity contribution in [1.82, 2.24) is 29.5 Å². The van der Waals surface area contributed by atoms with Crippen LogP contribution < -0.4 is 5.56 Å². The molecule has 1 unspecified atom stereocenters. The Balaban J connectivity index is 1.71. The quantitative estimate of drug-likeness (QED) is 0.526. The molecule has 9 heteroatoms. The highest BCUT2D eigenvalue weighted by Crippen LogP contribution is 2.33.